The molecule has 1 aromatic carbocycles. The Morgan fingerprint density at radius 1 is 1.04 bits per heavy atom. The van der Waals surface area contributed by atoms with Crippen molar-refractivity contribution in [1.29, 1.82) is 0 Å². The molecular weight excluding hydrogens is 445 g/mol. The summed E-state index contributed by atoms with van der Waals surface area (Å²) < 4.78 is 15.8. The Balaban J connectivity index is 0.00000625. The molecule has 1 aromatic rings. The second-order valence-electron chi connectivity index (χ2n) is 5.56. The van der Waals surface area contributed by atoms with E-state index in [1.54, 1.807) is 14.2 Å². The molecule has 0 aliphatic carbocycles. The Hall–Kier alpha value is -1.06. The van der Waals surface area contributed by atoms with Gasteiger partial charge in [-0.05, 0) is 37.8 Å². The van der Waals surface area contributed by atoms with Crippen molar-refractivity contribution in [2.45, 2.75) is 26.2 Å². The molecule has 0 fully saturated rings. The maximum atomic E-state index is 5.45. The fraction of sp³-hybridized carbons (Fsp3) is 0.632. The lowest BCUT2D eigenvalue weighted by Gasteiger charge is -2.12. The van der Waals surface area contributed by atoms with Crippen molar-refractivity contribution in [1.82, 2.24) is 10.6 Å². The second-order valence-corrected chi connectivity index (χ2v) is 5.56. The van der Waals surface area contributed by atoms with Gasteiger partial charge >= 0.3 is 0 Å². The minimum atomic E-state index is 0. The number of nitrogens with one attached hydrogen (secondary N) is 2. The van der Waals surface area contributed by atoms with Gasteiger partial charge in [-0.2, -0.15) is 0 Å². The van der Waals surface area contributed by atoms with Crippen LogP contribution in [-0.2, 0) is 15.9 Å². The Morgan fingerprint density at radius 2 is 1.85 bits per heavy atom. The summed E-state index contributed by atoms with van der Waals surface area (Å²) in [6, 6.07) is 8.10. The number of rotatable bonds is 13. The van der Waals surface area contributed by atoms with E-state index in [-0.39, 0.29) is 24.0 Å². The van der Waals surface area contributed by atoms with Crippen LogP contribution in [0.3, 0.4) is 0 Å². The van der Waals surface area contributed by atoms with Gasteiger partial charge in [0, 0.05) is 33.4 Å². The van der Waals surface area contributed by atoms with Gasteiger partial charge in [-0.25, -0.2) is 0 Å². The number of methoxy groups -OCH3 is 2. The summed E-state index contributed by atoms with van der Waals surface area (Å²) in [7, 11) is 3.39. The van der Waals surface area contributed by atoms with Crippen molar-refractivity contribution in [2.24, 2.45) is 4.99 Å². The van der Waals surface area contributed by atoms with Gasteiger partial charge in [0.1, 0.15) is 5.75 Å². The van der Waals surface area contributed by atoms with Gasteiger partial charge in [0.2, 0.25) is 0 Å². The third-order valence-corrected chi connectivity index (χ3v) is 3.62. The van der Waals surface area contributed by atoms with E-state index in [4.69, 9.17) is 14.2 Å². The first kappa shape index (κ1) is 24.9. The number of hydrogen-bond donors (Lipinski definition) is 2. The molecule has 2 N–H and O–H groups in total. The quantitative estimate of drug-likeness (QED) is 0.197. The molecule has 0 unspecified atom stereocenters. The molecule has 0 radical (unpaired) electrons. The van der Waals surface area contributed by atoms with E-state index in [1.165, 1.54) is 5.56 Å². The number of ether oxygens (including phenoxy) is 3. The molecule has 1 rings (SSSR count). The van der Waals surface area contributed by atoms with Gasteiger partial charge in [0.15, 0.2) is 5.96 Å². The highest BCUT2D eigenvalue weighted by atomic mass is 127. The Bertz CT molecular complexity index is 487. The lowest BCUT2D eigenvalue weighted by atomic mass is 10.1. The number of para-hydroxylation sites is 1. The van der Waals surface area contributed by atoms with Gasteiger partial charge in [-0.1, -0.05) is 18.2 Å². The van der Waals surface area contributed by atoms with Crippen molar-refractivity contribution in [2.75, 3.05) is 53.7 Å². The van der Waals surface area contributed by atoms with E-state index < -0.39 is 0 Å². The minimum Gasteiger partial charge on any atom is -0.496 e. The smallest absolute Gasteiger partial charge is 0.191 e. The third kappa shape index (κ3) is 11.5. The lowest BCUT2D eigenvalue weighted by molar-refractivity contribution is 0.0690. The summed E-state index contributed by atoms with van der Waals surface area (Å²) in [5, 5.41) is 6.65. The van der Waals surface area contributed by atoms with E-state index in [0.29, 0.717) is 13.2 Å². The minimum absolute atomic E-state index is 0. The molecule has 0 amide bonds. The molecule has 0 aliphatic rings. The van der Waals surface area contributed by atoms with E-state index in [0.717, 1.165) is 57.2 Å². The van der Waals surface area contributed by atoms with E-state index in [1.807, 2.05) is 18.2 Å². The molecule has 0 saturated carbocycles. The number of unbranched alkanes of at least 4 members (excludes halogenated alkanes) is 1. The number of halogens is 1. The summed E-state index contributed by atoms with van der Waals surface area (Å²) in [6.45, 7) is 6.59. The van der Waals surface area contributed by atoms with Crippen LogP contribution in [0.5, 0.6) is 5.75 Å². The van der Waals surface area contributed by atoms with Crippen LogP contribution in [0.1, 0.15) is 25.3 Å². The first-order valence-electron chi connectivity index (χ1n) is 9.02. The summed E-state index contributed by atoms with van der Waals surface area (Å²) >= 11 is 0. The summed E-state index contributed by atoms with van der Waals surface area (Å²) in [6.07, 6.45) is 2.91. The van der Waals surface area contributed by atoms with Crippen LogP contribution in [0.25, 0.3) is 0 Å². The summed E-state index contributed by atoms with van der Waals surface area (Å²) in [5.74, 6) is 1.79. The van der Waals surface area contributed by atoms with Gasteiger partial charge in [0.25, 0.3) is 0 Å². The standard InChI is InChI=1S/C19H33N3O3.HI/c1-4-20-19(21-12-7-8-14-25-16-15-23-2)22-13-11-17-9-5-6-10-18(17)24-3;/h5-6,9-10H,4,7-8,11-16H2,1-3H3,(H2,20,21,22);1H. The van der Waals surface area contributed by atoms with Crippen molar-refractivity contribution in [3.63, 3.8) is 0 Å². The fourth-order valence-electron chi connectivity index (χ4n) is 2.32. The maximum absolute atomic E-state index is 5.45. The second kappa shape index (κ2) is 17.4. The Labute approximate surface area is 175 Å². The number of hydrogen-bond acceptors (Lipinski definition) is 4. The van der Waals surface area contributed by atoms with Crippen LogP contribution in [0.2, 0.25) is 0 Å². The van der Waals surface area contributed by atoms with E-state index in [2.05, 4.69) is 28.6 Å². The van der Waals surface area contributed by atoms with Crippen LogP contribution in [0.15, 0.2) is 29.3 Å². The first-order valence-corrected chi connectivity index (χ1v) is 9.02. The predicted octanol–water partition coefficient (Wildman–Crippen LogP) is 2.85. The topological polar surface area (TPSA) is 64.1 Å². The van der Waals surface area contributed by atoms with Crippen LogP contribution < -0.4 is 15.4 Å². The molecule has 26 heavy (non-hydrogen) atoms. The molecule has 0 aromatic heterocycles. The van der Waals surface area contributed by atoms with Gasteiger partial charge in [-0.3, -0.25) is 4.99 Å². The van der Waals surface area contributed by atoms with Gasteiger partial charge in [-0.15, -0.1) is 24.0 Å². The van der Waals surface area contributed by atoms with E-state index >= 15 is 0 Å². The summed E-state index contributed by atoms with van der Waals surface area (Å²) in [5.41, 5.74) is 1.20. The van der Waals surface area contributed by atoms with Crippen molar-refractivity contribution >= 4 is 29.9 Å². The van der Waals surface area contributed by atoms with Crippen LogP contribution >= 0.6 is 24.0 Å². The highest BCUT2D eigenvalue weighted by Crippen LogP contribution is 2.17. The average Bonchev–Trinajstić information content (AvgIpc) is 2.64. The van der Waals surface area contributed by atoms with Gasteiger partial charge < -0.3 is 24.8 Å². The van der Waals surface area contributed by atoms with Crippen LogP contribution in [-0.4, -0.2) is 59.6 Å². The number of benzene rings is 1. The maximum Gasteiger partial charge on any atom is 0.191 e. The monoisotopic (exact) mass is 479 g/mol. The average molecular weight is 479 g/mol. The molecule has 0 aliphatic heterocycles. The molecule has 150 valence electrons. The molecule has 7 heteroatoms. The third-order valence-electron chi connectivity index (χ3n) is 3.62. The number of guanidine groups is 1. The normalized spacial score (nSPS) is 11.0. The molecular formula is C19H34IN3O3. The van der Waals surface area contributed by atoms with Gasteiger partial charge in [0.05, 0.1) is 20.3 Å². The zero-order valence-electron chi connectivity index (χ0n) is 16.3. The molecule has 0 spiro atoms. The molecule has 0 saturated heterocycles. The predicted molar refractivity (Wildman–Crippen MR) is 118 cm³/mol. The SMILES string of the molecule is CCNC(=NCCCCOCCOC)NCCc1ccccc1OC.I. The van der Waals surface area contributed by atoms with Crippen molar-refractivity contribution in [3.8, 4) is 5.75 Å². The molecule has 0 bridgehead atoms. The lowest BCUT2D eigenvalue weighted by Crippen LogP contribution is -2.38. The van der Waals surface area contributed by atoms with Crippen molar-refractivity contribution < 1.29 is 14.2 Å². The Kier molecular flexibility index (Phi) is 16.7. The fourth-order valence-corrected chi connectivity index (χ4v) is 2.32. The summed E-state index contributed by atoms with van der Waals surface area (Å²) in [4.78, 5) is 4.60. The zero-order chi connectivity index (χ0) is 18.2. The first-order chi connectivity index (χ1) is 12.3. The molecule has 0 heterocycles. The largest absolute Gasteiger partial charge is 0.496 e. The highest BCUT2D eigenvalue weighted by molar-refractivity contribution is 14.0. The molecule has 0 atom stereocenters. The number of nitrogens with zero attached hydrogens (tertiary/aromatic N) is 1. The van der Waals surface area contributed by atoms with E-state index in [9.17, 15) is 0 Å². The van der Waals surface area contributed by atoms with Crippen LogP contribution in [0.4, 0.5) is 0 Å². The van der Waals surface area contributed by atoms with Crippen molar-refractivity contribution in [3.05, 3.63) is 29.8 Å². The molecule has 6 nitrogen and oxygen atoms in total. The number of aliphatic imine (C=N–C) groups is 1. The Morgan fingerprint density at radius 3 is 2.58 bits per heavy atom. The zero-order valence-corrected chi connectivity index (χ0v) is 18.6. The highest BCUT2D eigenvalue weighted by Gasteiger charge is 2.02. The van der Waals surface area contributed by atoms with Crippen LogP contribution in [0, 0.1) is 0 Å².